The molecule has 5 unspecified atom stereocenters. The number of halogens is 1. The summed E-state index contributed by atoms with van der Waals surface area (Å²) >= 11 is 0. The lowest BCUT2D eigenvalue weighted by Crippen LogP contribution is -2.58. The molecule has 4 amide bonds. The number of nitrogens with one attached hydrogen (secondary N) is 3. The Hall–Kier alpha value is -5.06. The van der Waals surface area contributed by atoms with Gasteiger partial charge in [-0.25, -0.2) is 32.7 Å². The van der Waals surface area contributed by atoms with Gasteiger partial charge in [-0.1, -0.05) is 25.0 Å². The van der Waals surface area contributed by atoms with E-state index in [2.05, 4.69) is 35.3 Å². The Kier molecular flexibility index (Phi) is 9.63. The summed E-state index contributed by atoms with van der Waals surface area (Å²) in [6, 6.07) is 3.22. The minimum absolute atomic E-state index is 0.0268. The number of aromatic nitrogens is 4. The topological polar surface area (TPSA) is 203 Å². The molecule has 0 spiro atoms. The number of hydrogen-bond acceptors (Lipinski definition) is 11. The molecule has 5 atom stereocenters. The Morgan fingerprint density at radius 2 is 1.91 bits per heavy atom. The third kappa shape index (κ3) is 7.43. The molecule has 3 aromatic rings. The van der Waals surface area contributed by atoms with Gasteiger partial charge >= 0.3 is 0 Å². The van der Waals surface area contributed by atoms with E-state index in [1.54, 1.807) is 13.8 Å². The maximum atomic E-state index is 14.5. The number of hydrogen-bond donors (Lipinski definition) is 3. The van der Waals surface area contributed by atoms with E-state index < -0.39 is 73.9 Å². The molecule has 280 valence electrons. The predicted molar refractivity (Wildman–Crippen MR) is 188 cm³/mol. The summed E-state index contributed by atoms with van der Waals surface area (Å²) < 4.78 is 47.7. The minimum atomic E-state index is -4.01. The lowest BCUT2D eigenvalue weighted by Gasteiger charge is -2.30. The fourth-order valence-electron chi connectivity index (χ4n) is 6.97. The van der Waals surface area contributed by atoms with Gasteiger partial charge in [0.2, 0.25) is 27.7 Å². The van der Waals surface area contributed by atoms with Crippen molar-refractivity contribution < 1.29 is 36.7 Å². The van der Waals surface area contributed by atoms with Gasteiger partial charge in [0.25, 0.3) is 11.8 Å². The number of amides is 4. The smallest absolute Gasteiger partial charge is 0.270 e. The number of sulfonamides is 1. The summed E-state index contributed by atoms with van der Waals surface area (Å²) in [5.74, 6) is -3.50. The second kappa shape index (κ2) is 14.1. The Balaban J connectivity index is 1.20. The summed E-state index contributed by atoms with van der Waals surface area (Å²) in [5, 5.41) is 5.64. The van der Waals surface area contributed by atoms with E-state index in [9.17, 15) is 32.0 Å². The van der Waals surface area contributed by atoms with Crippen LogP contribution in [0.2, 0.25) is 0 Å². The molecule has 7 rings (SSSR count). The highest BCUT2D eigenvalue weighted by Crippen LogP contribution is 2.47. The van der Waals surface area contributed by atoms with Gasteiger partial charge in [-0.05, 0) is 70.6 Å². The molecule has 1 aromatic carbocycles. The number of aryl methyl sites for hydroxylation is 1. The second-order valence-corrected chi connectivity index (χ2v) is 16.8. The lowest BCUT2D eigenvalue weighted by molar-refractivity contribution is -0.141. The average molecular weight is 749 g/mol. The number of allylic oxidation sites excluding steroid dienone is 1. The number of fused-ring (bicyclic) bond motifs is 3. The summed E-state index contributed by atoms with van der Waals surface area (Å²) in [5.41, 5.74) is -0.356. The first-order valence-electron chi connectivity index (χ1n) is 17.8. The molecule has 3 fully saturated rings. The van der Waals surface area contributed by atoms with Crippen molar-refractivity contribution in [3.05, 3.63) is 66.1 Å². The van der Waals surface area contributed by atoms with Crippen molar-refractivity contribution >= 4 is 44.7 Å². The molecule has 0 radical (unpaired) electrons. The number of rotatable bonds is 7. The van der Waals surface area contributed by atoms with E-state index in [1.165, 1.54) is 41.7 Å². The van der Waals surface area contributed by atoms with Crippen molar-refractivity contribution in [2.75, 3.05) is 6.54 Å². The Morgan fingerprint density at radius 1 is 1.09 bits per heavy atom. The molecule has 1 saturated heterocycles. The Labute approximate surface area is 305 Å². The van der Waals surface area contributed by atoms with Gasteiger partial charge in [-0.2, -0.15) is 0 Å². The first kappa shape index (κ1) is 36.3. The third-order valence-electron chi connectivity index (χ3n) is 10.6. The predicted octanol–water partition coefficient (Wildman–Crippen LogP) is 2.41. The zero-order chi connectivity index (χ0) is 37.5. The van der Waals surface area contributed by atoms with Crippen molar-refractivity contribution in [2.45, 2.75) is 100 Å². The highest BCUT2D eigenvalue weighted by atomic mass is 32.2. The molecule has 4 heterocycles. The minimum Gasteiger partial charge on any atom is -0.471 e. The van der Waals surface area contributed by atoms with Crippen LogP contribution < -0.4 is 20.1 Å². The largest absolute Gasteiger partial charge is 0.471 e. The highest BCUT2D eigenvalue weighted by Gasteiger charge is 2.63. The van der Waals surface area contributed by atoms with E-state index in [0.717, 1.165) is 12.8 Å². The fraction of sp³-hybridized carbons (Fsp3) is 0.500. The molecule has 2 aromatic heterocycles. The van der Waals surface area contributed by atoms with Crippen LogP contribution in [0.1, 0.15) is 80.9 Å². The van der Waals surface area contributed by atoms with Gasteiger partial charge in [0, 0.05) is 24.6 Å². The van der Waals surface area contributed by atoms with Crippen LogP contribution in [0.3, 0.4) is 0 Å². The first-order chi connectivity index (χ1) is 25.3. The monoisotopic (exact) mass is 748 g/mol. The zero-order valence-electron chi connectivity index (χ0n) is 29.4. The lowest BCUT2D eigenvalue weighted by atomic mass is 10.0. The van der Waals surface area contributed by atoms with Gasteiger partial charge in [0.15, 0.2) is 0 Å². The van der Waals surface area contributed by atoms with Crippen LogP contribution in [-0.4, -0.2) is 91.9 Å². The van der Waals surface area contributed by atoms with Gasteiger partial charge in [-0.3, -0.25) is 23.9 Å². The van der Waals surface area contributed by atoms with Crippen LogP contribution in [-0.2, 0) is 24.4 Å². The number of carbonyl (C=O) groups excluding carboxylic acids is 4. The Morgan fingerprint density at radius 3 is 2.66 bits per heavy atom. The summed E-state index contributed by atoms with van der Waals surface area (Å²) in [6.07, 6.45) is 9.63. The Bertz CT molecular complexity index is 2100. The number of ether oxygens (including phenoxy) is 1. The van der Waals surface area contributed by atoms with Crippen molar-refractivity contribution in [1.29, 1.82) is 0 Å². The molecule has 3 N–H and O–H groups in total. The number of benzene rings is 1. The van der Waals surface area contributed by atoms with Crippen LogP contribution >= 0.6 is 0 Å². The number of carbonyl (C=O) groups is 4. The van der Waals surface area contributed by atoms with Crippen molar-refractivity contribution in [3.8, 4) is 5.88 Å². The average Bonchev–Trinajstić information content (AvgIpc) is 4.01. The fourth-order valence-corrected chi connectivity index (χ4v) is 8.28. The summed E-state index contributed by atoms with van der Waals surface area (Å²) in [4.78, 5) is 74.0. The van der Waals surface area contributed by atoms with Gasteiger partial charge in [0.1, 0.15) is 47.3 Å². The van der Waals surface area contributed by atoms with E-state index in [0.29, 0.717) is 36.9 Å². The van der Waals surface area contributed by atoms with E-state index in [1.807, 2.05) is 12.2 Å². The van der Waals surface area contributed by atoms with Gasteiger partial charge in [0.05, 0.1) is 22.3 Å². The summed E-state index contributed by atoms with van der Waals surface area (Å²) in [7, 11) is -4.01. The molecular weight excluding hydrogens is 708 g/mol. The summed E-state index contributed by atoms with van der Waals surface area (Å²) in [6.45, 7) is 3.16. The first-order valence-corrected chi connectivity index (χ1v) is 19.3. The van der Waals surface area contributed by atoms with Crippen LogP contribution in [0.4, 0.5) is 4.39 Å². The van der Waals surface area contributed by atoms with E-state index in [-0.39, 0.29) is 42.9 Å². The molecule has 2 aliphatic heterocycles. The highest BCUT2D eigenvalue weighted by molar-refractivity contribution is 7.91. The third-order valence-corrected chi connectivity index (χ3v) is 12.8. The molecule has 53 heavy (non-hydrogen) atoms. The van der Waals surface area contributed by atoms with Crippen molar-refractivity contribution in [1.82, 2.24) is 40.2 Å². The maximum absolute atomic E-state index is 14.5. The van der Waals surface area contributed by atoms with E-state index in [4.69, 9.17) is 4.74 Å². The SMILES string of the molecule is Cc1nc2ccc(F)cc2nc1OC1CC2C(=O)NC3(C(=O)NS(=O)(=O)C4(C)CC4)CC3/C=C\CCCCCC(NC(=O)c3ccncn3)C(=O)N2C1. The maximum Gasteiger partial charge on any atom is 0.270 e. The molecule has 4 aliphatic rings. The van der Waals surface area contributed by atoms with Crippen molar-refractivity contribution in [2.24, 2.45) is 5.92 Å². The van der Waals surface area contributed by atoms with Crippen LogP contribution in [0, 0.1) is 18.7 Å². The number of nitrogens with zero attached hydrogens (tertiary/aromatic N) is 5. The van der Waals surface area contributed by atoms with Crippen molar-refractivity contribution in [3.63, 3.8) is 0 Å². The standard InChI is InChI=1S/C36H41FN8O7S/c1-21-32(42-28-16-23(37)10-11-25(28)40-21)52-24-17-29-31(47)43-36(34(49)44-53(50,51)35(2)13-14-35)18-22(36)8-6-4-3-5-7-9-27(33(48)45(29)19-24)41-30(46)26-12-15-38-20-39-26/h6,8,10-12,15-16,20,22,24,27,29H,3-5,7,9,13-14,17-19H2,1-2H3,(H,41,46)(H,43,47)(H,44,49)/b8-6-. The van der Waals surface area contributed by atoms with Crippen LogP contribution in [0.5, 0.6) is 5.88 Å². The quantitative estimate of drug-likeness (QED) is 0.300. The van der Waals surface area contributed by atoms with E-state index >= 15 is 0 Å². The molecule has 15 nitrogen and oxygen atoms in total. The molecular formula is C36H41FN8O7S. The molecule has 2 saturated carbocycles. The van der Waals surface area contributed by atoms with Gasteiger partial charge < -0.3 is 20.3 Å². The second-order valence-electron chi connectivity index (χ2n) is 14.6. The molecule has 2 aliphatic carbocycles. The van der Waals surface area contributed by atoms with Gasteiger partial charge in [-0.15, -0.1) is 0 Å². The normalized spacial score (nSPS) is 27.6. The molecule has 17 heteroatoms. The van der Waals surface area contributed by atoms with Crippen LogP contribution in [0.15, 0.2) is 48.9 Å². The van der Waals surface area contributed by atoms with Crippen LogP contribution in [0.25, 0.3) is 11.0 Å². The zero-order valence-corrected chi connectivity index (χ0v) is 30.2. The molecule has 0 bridgehead atoms.